The van der Waals surface area contributed by atoms with E-state index < -0.39 is 0 Å². The van der Waals surface area contributed by atoms with Crippen LogP contribution in [-0.4, -0.2) is 45.8 Å². The van der Waals surface area contributed by atoms with Gasteiger partial charge in [-0.3, -0.25) is 10.1 Å². The summed E-state index contributed by atoms with van der Waals surface area (Å²) in [7, 11) is 0. The molecule has 4 rings (SSSR count). The molecule has 1 aromatic carbocycles. The van der Waals surface area contributed by atoms with E-state index in [1.807, 2.05) is 6.07 Å². The predicted molar refractivity (Wildman–Crippen MR) is 106 cm³/mol. The van der Waals surface area contributed by atoms with Gasteiger partial charge in [0, 0.05) is 24.1 Å². The van der Waals surface area contributed by atoms with Crippen LogP contribution in [0.4, 0.5) is 11.5 Å². The quantitative estimate of drug-likeness (QED) is 0.656. The Hall–Kier alpha value is -2.41. The Kier molecular flexibility index (Phi) is 5.11. The van der Waals surface area contributed by atoms with Gasteiger partial charge in [0.15, 0.2) is 0 Å². The number of rotatable bonds is 4. The van der Waals surface area contributed by atoms with Crippen LogP contribution in [0.2, 0.25) is 0 Å². The molecule has 0 saturated carbocycles. The van der Waals surface area contributed by atoms with Crippen molar-refractivity contribution in [3.05, 3.63) is 45.6 Å². The second-order valence-electron chi connectivity index (χ2n) is 7.46. The molecule has 1 fully saturated rings. The summed E-state index contributed by atoms with van der Waals surface area (Å²) in [6, 6.07) is 6.89. The van der Waals surface area contributed by atoms with Crippen LogP contribution in [-0.2, 0) is 6.42 Å². The maximum Gasteiger partial charge on any atom is 0.294 e. The minimum Gasteiger partial charge on any atom is -0.370 e. The van der Waals surface area contributed by atoms with Crippen LogP contribution >= 0.6 is 0 Å². The van der Waals surface area contributed by atoms with Gasteiger partial charge in [-0.1, -0.05) is 19.1 Å². The molecule has 2 aromatic rings. The highest BCUT2D eigenvalue weighted by molar-refractivity contribution is 5.60. The van der Waals surface area contributed by atoms with E-state index in [-0.39, 0.29) is 10.6 Å². The molecule has 7 heteroatoms. The maximum absolute atomic E-state index is 11.5. The van der Waals surface area contributed by atoms with Gasteiger partial charge < -0.3 is 10.2 Å². The molecule has 0 unspecified atom stereocenters. The van der Waals surface area contributed by atoms with Crippen LogP contribution in [0.1, 0.15) is 49.8 Å². The highest BCUT2D eigenvalue weighted by Crippen LogP contribution is 2.37. The topological polar surface area (TPSA) is 76.2 Å². The summed E-state index contributed by atoms with van der Waals surface area (Å²) in [6.07, 6.45) is 5.44. The van der Waals surface area contributed by atoms with Crippen molar-refractivity contribution in [2.24, 2.45) is 0 Å². The minimum absolute atomic E-state index is 0.0983. The second kappa shape index (κ2) is 7.68. The van der Waals surface area contributed by atoms with Crippen LogP contribution in [0, 0.1) is 10.1 Å². The Morgan fingerprint density at radius 2 is 2.04 bits per heavy atom. The fraction of sp³-hybridized carbons (Fsp3) is 0.550. The van der Waals surface area contributed by atoms with Gasteiger partial charge in [-0.2, -0.15) is 5.10 Å². The first-order valence-corrected chi connectivity index (χ1v) is 10.0. The number of nitro groups is 1. The molecule has 0 radical (unpaired) electrons. The first kappa shape index (κ1) is 18.0. The Balaban J connectivity index is 1.78. The van der Waals surface area contributed by atoms with E-state index in [1.54, 1.807) is 22.9 Å². The summed E-state index contributed by atoms with van der Waals surface area (Å²) in [5, 5.41) is 20.0. The molecule has 27 heavy (non-hydrogen) atoms. The third kappa shape index (κ3) is 3.43. The van der Waals surface area contributed by atoms with Gasteiger partial charge >= 0.3 is 0 Å². The van der Waals surface area contributed by atoms with Crippen molar-refractivity contribution >= 4 is 11.5 Å². The number of aromatic nitrogens is 2. The molecule has 0 bridgehead atoms. The van der Waals surface area contributed by atoms with Gasteiger partial charge in [0.1, 0.15) is 11.5 Å². The molecule has 2 aliphatic rings. The normalized spacial score (nSPS) is 18.6. The lowest BCUT2D eigenvalue weighted by Crippen LogP contribution is -2.33. The average Bonchev–Trinajstić information content (AvgIpc) is 2.88. The van der Waals surface area contributed by atoms with Crippen molar-refractivity contribution < 1.29 is 4.92 Å². The Labute approximate surface area is 159 Å². The maximum atomic E-state index is 11.5. The number of fused-ring (bicyclic) bond motifs is 1. The van der Waals surface area contributed by atoms with Crippen molar-refractivity contribution in [1.29, 1.82) is 0 Å². The summed E-state index contributed by atoms with van der Waals surface area (Å²) in [4.78, 5) is 13.7. The van der Waals surface area contributed by atoms with E-state index >= 15 is 0 Å². The van der Waals surface area contributed by atoms with Gasteiger partial charge in [-0.05, 0) is 57.8 Å². The van der Waals surface area contributed by atoms with Crippen LogP contribution in [0.15, 0.2) is 24.3 Å². The summed E-state index contributed by atoms with van der Waals surface area (Å²) < 4.78 is 1.79. The third-order valence-corrected chi connectivity index (χ3v) is 5.89. The van der Waals surface area contributed by atoms with E-state index in [2.05, 4.69) is 17.1 Å². The zero-order valence-corrected chi connectivity index (χ0v) is 15.9. The number of benzene rings is 1. The van der Waals surface area contributed by atoms with Gasteiger partial charge in [0.05, 0.1) is 10.6 Å². The van der Waals surface area contributed by atoms with Crippen molar-refractivity contribution in [2.75, 3.05) is 31.5 Å². The molecule has 2 aliphatic heterocycles. The number of nitro benzene ring substituents is 1. The number of piperidine rings is 1. The number of hydrogen-bond donors (Lipinski definition) is 1. The van der Waals surface area contributed by atoms with Crippen LogP contribution in [0.25, 0.3) is 5.69 Å². The molecule has 0 spiro atoms. The first-order chi connectivity index (χ1) is 13.2. The lowest BCUT2D eigenvalue weighted by molar-refractivity contribution is -0.384. The van der Waals surface area contributed by atoms with Crippen LogP contribution in [0.3, 0.4) is 0 Å². The van der Waals surface area contributed by atoms with Gasteiger partial charge in [-0.15, -0.1) is 0 Å². The summed E-state index contributed by atoms with van der Waals surface area (Å²) in [5.41, 5.74) is 3.06. The number of nitrogens with one attached hydrogen (secondary N) is 1. The Morgan fingerprint density at radius 3 is 2.78 bits per heavy atom. The number of likely N-dealkylation sites (tertiary alicyclic amines) is 1. The molecular formula is C20H27N5O2. The van der Waals surface area contributed by atoms with E-state index in [1.165, 1.54) is 5.56 Å². The zero-order chi connectivity index (χ0) is 18.8. The Bertz CT molecular complexity index is 824. The molecule has 0 amide bonds. The molecule has 144 valence electrons. The molecule has 3 heterocycles. The molecule has 1 aromatic heterocycles. The highest BCUT2D eigenvalue weighted by Gasteiger charge is 2.30. The third-order valence-electron chi connectivity index (χ3n) is 5.89. The van der Waals surface area contributed by atoms with Crippen molar-refractivity contribution in [2.45, 2.75) is 44.9 Å². The van der Waals surface area contributed by atoms with Crippen molar-refractivity contribution in [1.82, 2.24) is 14.7 Å². The molecular weight excluding hydrogens is 342 g/mol. The Morgan fingerprint density at radius 1 is 1.26 bits per heavy atom. The van der Waals surface area contributed by atoms with E-state index in [0.717, 1.165) is 69.8 Å². The molecule has 0 atom stereocenters. The van der Waals surface area contributed by atoms with Gasteiger partial charge in [-0.25, -0.2) is 4.68 Å². The molecule has 1 N–H and O–H groups in total. The van der Waals surface area contributed by atoms with Crippen molar-refractivity contribution in [3.8, 4) is 5.69 Å². The van der Waals surface area contributed by atoms with E-state index in [9.17, 15) is 10.1 Å². The number of anilines is 1. The first-order valence-electron chi connectivity index (χ1n) is 10.0. The highest BCUT2D eigenvalue weighted by atomic mass is 16.6. The minimum atomic E-state index is -0.320. The molecule has 1 saturated heterocycles. The van der Waals surface area contributed by atoms with E-state index in [0.29, 0.717) is 11.6 Å². The fourth-order valence-electron chi connectivity index (χ4n) is 4.35. The monoisotopic (exact) mass is 369 g/mol. The fourth-order valence-corrected chi connectivity index (χ4v) is 4.35. The predicted octanol–water partition coefficient (Wildman–Crippen LogP) is 3.73. The van der Waals surface area contributed by atoms with Gasteiger partial charge in [0.2, 0.25) is 0 Å². The zero-order valence-electron chi connectivity index (χ0n) is 15.9. The van der Waals surface area contributed by atoms with Crippen LogP contribution < -0.4 is 5.32 Å². The van der Waals surface area contributed by atoms with Crippen molar-refractivity contribution in [3.63, 3.8) is 0 Å². The SMILES string of the molecule is CCN1CCC(c2nn(-c3ccccc3[N+](=O)[O-])c3c2CCCCN3)CC1. The smallest absolute Gasteiger partial charge is 0.294 e. The number of hydrogen-bond acceptors (Lipinski definition) is 5. The summed E-state index contributed by atoms with van der Waals surface area (Å²) in [5.74, 6) is 1.39. The summed E-state index contributed by atoms with van der Waals surface area (Å²) in [6.45, 7) is 6.38. The number of nitrogens with zero attached hydrogens (tertiary/aromatic N) is 4. The van der Waals surface area contributed by atoms with E-state index in [4.69, 9.17) is 5.10 Å². The van der Waals surface area contributed by atoms with Crippen LogP contribution in [0.5, 0.6) is 0 Å². The standard InChI is InChI=1S/C20H27N5O2/c1-2-23-13-10-15(11-14-23)19-16-7-5-6-12-21-20(16)24(22-19)17-8-3-4-9-18(17)25(26)27/h3-4,8-9,15,21H,2,5-7,10-14H2,1H3. The largest absolute Gasteiger partial charge is 0.370 e. The van der Waals surface area contributed by atoms with Gasteiger partial charge in [0.25, 0.3) is 5.69 Å². The average molecular weight is 369 g/mol. The lowest BCUT2D eigenvalue weighted by Gasteiger charge is -2.30. The number of para-hydroxylation sites is 2. The molecule has 0 aliphatic carbocycles. The summed E-state index contributed by atoms with van der Waals surface area (Å²) >= 11 is 0. The molecule has 7 nitrogen and oxygen atoms in total. The lowest BCUT2D eigenvalue weighted by atomic mass is 9.90. The second-order valence-corrected chi connectivity index (χ2v) is 7.46.